The van der Waals surface area contributed by atoms with Crippen LogP contribution < -0.4 is 4.90 Å². The highest BCUT2D eigenvalue weighted by atomic mass is 16.3. The number of rotatable bonds is 1. The first-order valence-corrected chi connectivity index (χ1v) is 6.97. The third kappa shape index (κ3) is 1.74. The SMILES string of the molecule is OC1CCCN(c2nccc3cnc4[nH]ccc4c23)C1. The molecule has 20 heavy (non-hydrogen) atoms. The van der Waals surface area contributed by atoms with Crippen LogP contribution >= 0.6 is 0 Å². The minimum atomic E-state index is -0.260. The Bertz CT molecular complexity index is 767. The molecule has 0 amide bonds. The fourth-order valence-corrected chi connectivity index (χ4v) is 3.04. The summed E-state index contributed by atoms with van der Waals surface area (Å²) in [4.78, 5) is 14.3. The van der Waals surface area contributed by atoms with Crippen molar-refractivity contribution in [2.45, 2.75) is 18.9 Å². The van der Waals surface area contributed by atoms with Gasteiger partial charge in [-0.3, -0.25) is 0 Å². The Labute approximate surface area is 116 Å². The smallest absolute Gasteiger partial charge is 0.137 e. The Morgan fingerprint density at radius 1 is 1.30 bits per heavy atom. The van der Waals surface area contributed by atoms with Crippen LogP contribution in [0.5, 0.6) is 0 Å². The molecule has 0 radical (unpaired) electrons. The third-order valence-electron chi connectivity index (χ3n) is 3.99. The highest BCUT2D eigenvalue weighted by molar-refractivity contribution is 6.10. The number of aromatic amines is 1. The average Bonchev–Trinajstić information content (AvgIpc) is 2.95. The highest BCUT2D eigenvalue weighted by Crippen LogP contribution is 2.31. The van der Waals surface area contributed by atoms with Gasteiger partial charge in [0.25, 0.3) is 0 Å². The zero-order valence-corrected chi connectivity index (χ0v) is 11.1. The van der Waals surface area contributed by atoms with Gasteiger partial charge in [0.05, 0.1) is 6.10 Å². The van der Waals surface area contributed by atoms with E-state index in [9.17, 15) is 5.11 Å². The van der Waals surface area contributed by atoms with E-state index in [2.05, 4.69) is 19.9 Å². The number of aromatic nitrogens is 3. The Morgan fingerprint density at radius 3 is 3.15 bits per heavy atom. The third-order valence-corrected chi connectivity index (χ3v) is 3.99. The van der Waals surface area contributed by atoms with E-state index in [1.54, 1.807) is 0 Å². The van der Waals surface area contributed by atoms with Gasteiger partial charge in [-0.05, 0) is 25.0 Å². The summed E-state index contributed by atoms with van der Waals surface area (Å²) >= 11 is 0. The van der Waals surface area contributed by atoms with E-state index >= 15 is 0 Å². The predicted molar refractivity (Wildman–Crippen MR) is 78.8 cm³/mol. The van der Waals surface area contributed by atoms with Crippen molar-refractivity contribution in [2.75, 3.05) is 18.0 Å². The number of fused-ring (bicyclic) bond motifs is 3. The highest BCUT2D eigenvalue weighted by Gasteiger charge is 2.21. The molecule has 3 aromatic heterocycles. The summed E-state index contributed by atoms with van der Waals surface area (Å²) in [7, 11) is 0. The molecule has 102 valence electrons. The molecule has 4 rings (SSSR count). The van der Waals surface area contributed by atoms with Crippen LogP contribution in [0.4, 0.5) is 5.82 Å². The molecule has 1 saturated heterocycles. The molecule has 0 saturated carbocycles. The van der Waals surface area contributed by atoms with Crippen LogP contribution in [0.2, 0.25) is 0 Å². The zero-order valence-electron chi connectivity index (χ0n) is 11.1. The maximum atomic E-state index is 9.90. The molecular weight excluding hydrogens is 252 g/mol. The summed E-state index contributed by atoms with van der Waals surface area (Å²) in [6.45, 7) is 1.60. The lowest BCUT2D eigenvalue weighted by Gasteiger charge is -2.31. The molecular formula is C15H16N4O. The summed E-state index contributed by atoms with van der Waals surface area (Å²) in [5, 5.41) is 13.2. The molecule has 0 spiro atoms. The van der Waals surface area contributed by atoms with Crippen molar-refractivity contribution >= 4 is 27.6 Å². The fourth-order valence-electron chi connectivity index (χ4n) is 3.04. The molecule has 3 aromatic rings. The largest absolute Gasteiger partial charge is 0.391 e. The van der Waals surface area contributed by atoms with Crippen LogP contribution in [-0.2, 0) is 0 Å². The molecule has 0 aromatic carbocycles. The second kappa shape index (κ2) is 4.45. The van der Waals surface area contributed by atoms with Crippen LogP contribution in [0.3, 0.4) is 0 Å². The van der Waals surface area contributed by atoms with Crippen LogP contribution in [0, 0.1) is 0 Å². The van der Waals surface area contributed by atoms with Gasteiger partial charge in [-0.1, -0.05) is 0 Å². The number of pyridine rings is 2. The quantitative estimate of drug-likeness (QED) is 0.709. The van der Waals surface area contributed by atoms with Crippen LogP contribution in [-0.4, -0.2) is 39.3 Å². The topological polar surface area (TPSA) is 65.0 Å². The number of β-amino-alcohol motifs (C(OH)–C–C–N with tert-alkyl or cyclic N) is 1. The number of aliphatic hydroxyl groups excluding tert-OH is 1. The van der Waals surface area contributed by atoms with Crippen LogP contribution in [0.15, 0.2) is 30.7 Å². The maximum absolute atomic E-state index is 9.90. The monoisotopic (exact) mass is 268 g/mol. The lowest BCUT2D eigenvalue weighted by Crippen LogP contribution is -2.38. The van der Waals surface area contributed by atoms with Crippen molar-refractivity contribution in [2.24, 2.45) is 0 Å². The molecule has 4 heterocycles. The lowest BCUT2D eigenvalue weighted by atomic mass is 10.1. The normalized spacial score (nSPS) is 19.9. The van der Waals surface area contributed by atoms with Crippen molar-refractivity contribution in [1.29, 1.82) is 0 Å². The minimum Gasteiger partial charge on any atom is -0.391 e. The van der Waals surface area contributed by atoms with E-state index in [1.165, 1.54) is 0 Å². The Hall–Kier alpha value is -2.14. The van der Waals surface area contributed by atoms with Gasteiger partial charge >= 0.3 is 0 Å². The van der Waals surface area contributed by atoms with Crippen molar-refractivity contribution in [3.05, 3.63) is 30.7 Å². The average molecular weight is 268 g/mol. The van der Waals surface area contributed by atoms with Gasteiger partial charge in [-0.15, -0.1) is 0 Å². The summed E-state index contributed by atoms with van der Waals surface area (Å²) in [6.07, 6.45) is 7.21. The van der Waals surface area contributed by atoms with Crippen molar-refractivity contribution in [3.8, 4) is 0 Å². The molecule has 5 heteroatoms. The predicted octanol–water partition coefficient (Wildman–Crippen LogP) is 2.07. The first-order chi connectivity index (χ1) is 9.83. The van der Waals surface area contributed by atoms with Crippen LogP contribution in [0.25, 0.3) is 21.8 Å². The Morgan fingerprint density at radius 2 is 2.25 bits per heavy atom. The fraction of sp³-hybridized carbons (Fsp3) is 0.333. The van der Waals surface area contributed by atoms with Crippen molar-refractivity contribution < 1.29 is 5.11 Å². The summed E-state index contributed by atoms with van der Waals surface area (Å²) in [5.41, 5.74) is 0.879. The van der Waals surface area contributed by atoms with E-state index < -0.39 is 0 Å². The molecule has 1 atom stereocenters. The maximum Gasteiger partial charge on any atom is 0.137 e. The van der Waals surface area contributed by atoms with Gasteiger partial charge in [0.2, 0.25) is 0 Å². The number of H-pyrrole nitrogens is 1. The standard InChI is InChI=1S/C15H16N4O/c20-11-2-1-7-19(9-11)15-13-10(3-5-17-15)8-18-14-12(13)4-6-16-14/h3-6,8,11,20H,1-2,7,9H2,(H,16,18). The first kappa shape index (κ1) is 11.7. The zero-order chi connectivity index (χ0) is 13.5. The molecule has 1 aliphatic heterocycles. The number of aliphatic hydroxyl groups is 1. The van der Waals surface area contributed by atoms with E-state index in [0.717, 1.165) is 47.0 Å². The number of hydrogen-bond acceptors (Lipinski definition) is 4. The second-order valence-corrected chi connectivity index (χ2v) is 5.34. The number of anilines is 1. The molecule has 0 bridgehead atoms. The van der Waals surface area contributed by atoms with Gasteiger partial charge in [0, 0.05) is 47.8 Å². The van der Waals surface area contributed by atoms with Crippen LogP contribution in [0.1, 0.15) is 12.8 Å². The van der Waals surface area contributed by atoms with Gasteiger partial charge in [-0.25, -0.2) is 9.97 Å². The molecule has 5 nitrogen and oxygen atoms in total. The molecule has 2 N–H and O–H groups in total. The van der Waals surface area contributed by atoms with E-state index in [4.69, 9.17) is 0 Å². The molecule has 1 unspecified atom stereocenters. The van der Waals surface area contributed by atoms with E-state index in [-0.39, 0.29) is 6.10 Å². The van der Waals surface area contributed by atoms with Gasteiger partial charge < -0.3 is 15.0 Å². The number of nitrogens with one attached hydrogen (secondary N) is 1. The first-order valence-electron chi connectivity index (χ1n) is 6.97. The van der Waals surface area contributed by atoms with Gasteiger partial charge in [0.1, 0.15) is 11.5 Å². The van der Waals surface area contributed by atoms with E-state index in [0.29, 0.717) is 6.54 Å². The minimum absolute atomic E-state index is 0.260. The summed E-state index contributed by atoms with van der Waals surface area (Å²) in [6, 6.07) is 4.02. The van der Waals surface area contributed by atoms with Crippen molar-refractivity contribution in [1.82, 2.24) is 15.0 Å². The van der Waals surface area contributed by atoms with Gasteiger partial charge in [-0.2, -0.15) is 0 Å². The summed E-state index contributed by atoms with van der Waals surface area (Å²) < 4.78 is 0. The summed E-state index contributed by atoms with van der Waals surface area (Å²) in [5.74, 6) is 0.952. The number of hydrogen-bond donors (Lipinski definition) is 2. The Kier molecular flexibility index (Phi) is 2.60. The van der Waals surface area contributed by atoms with E-state index in [1.807, 2.05) is 30.7 Å². The second-order valence-electron chi connectivity index (χ2n) is 5.34. The number of nitrogens with zero attached hydrogens (tertiary/aromatic N) is 3. The Balaban J connectivity index is 1.96. The molecule has 1 fully saturated rings. The molecule has 1 aliphatic rings. The number of piperidine rings is 1. The lowest BCUT2D eigenvalue weighted by molar-refractivity contribution is 0.154. The molecule has 0 aliphatic carbocycles. The van der Waals surface area contributed by atoms with Gasteiger partial charge in [0.15, 0.2) is 0 Å². The van der Waals surface area contributed by atoms with Crippen molar-refractivity contribution in [3.63, 3.8) is 0 Å².